The molecule has 0 aliphatic heterocycles. The van der Waals surface area contributed by atoms with Gasteiger partial charge in [0, 0.05) is 30.9 Å². The number of hydrogen-bond donors (Lipinski definition) is 1. The summed E-state index contributed by atoms with van der Waals surface area (Å²) >= 11 is 1.25. The van der Waals surface area contributed by atoms with Crippen molar-refractivity contribution in [2.45, 2.75) is 49.8 Å². The number of sulfonamides is 1. The summed E-state index contributed by atoms with van der Waals surface area (Å²) in [5, 5.41) is 0. The first-order valence-corrected chi connectivity index (χ1v) is 9.53. The highest BCUT2D eigenvalue weighted by Gasteiger charge is 2.25. The van der Waals surface area contributed by atoms with Gasteiger partial charge in [-0.25, -0.2) is 13.1 Å². The van der Waals surface area contributed by atoms with Crippen molar-refractivity contribution in [3.63, 3.8) is 0 Å². The topological polar surface area (TPSA) is 66.5 Å². The summed E-state index contributed by atoms with van der Waals surface area (Å²) in [5.74, 6) is 0.0214. The summed E-state index contributed by atoms with van der Waals surface area (Å²) in [6.07, 6.45) is 4.34. The van der Waals surface area contributed by atoms with Crippen LogP contribution in [0.1, 0.15) is 37.5 Å². The smallest absolute Gasteiger partial charge is 0.250 e. The van der Waals surface area contributed by atoms with Gasteiger partial charge in [-0.1, -0.05) is 12.8 Å². The molecule has 1 fully saturated rings. The monoisotopic (exact) mass is 330 g/mol. The van der Waals surface area contributed by atoms with Crippen LogP contribution < -0.4 is 4.72 Å². The van der Waals surface area contributed by atoms with Gasteiger partial charge in [0.2, 0.25) is 15.9 Å². The lowest BCUT2D eigenvalue weighted by Crippen LogP contribution is -2.42. The van der Waals surface area contributed by atoms with Crippen molar-refractivity contribution in [1.82, 2.24) is 9.62 Å². The molecule has 0 saturated heterocycles. The molecule has 0 atom stereocenters. The Morgan fingerprint density at radius 2 is 2.05 bits per heavy atom. The number of thiophene rings is 1. The molecule has 7 heteroatoms. The van der Waals surface area contributed by atoms with Crippen LogP contribution in [-0.2, 0) is 14.8 Å². The van der Waals surface area contributed by atoms with Crippen molar-refractivity contribution in [2.24, 2.45) is 0 Å². The van der Waals surface area contributed by atoms with Gasteiger partial charge in [0.25, 0.3) is 0 Å². The van der Waals surface area contributed by atoms with Crippen molar-refractivity contribution >= 4 is 27.3 Å². The summed E-state index contributed by atoms with van der Waals surface area (Å²) in [6, 6.07) is 3.68. The van der Waals surface area contributed by atoms with Gasteiger partial charge in [-0.05, 0) is 31.9 Å². The number of nitrogens with zero attached hydrogens (tertiary/aromatic N) is 1. The second kappa shape index (κ2) is 6.89. The maximum atomic E-state index is 12.1. The van der Waals surface area contributed by atoms with E-state index in [4.69, 9.17) is 0 Å². The molecule has 0 bridgehead atoms. The average Bonchev–Trinajstić information content (AvgIpc) is 3.05. The van der Waals surface area contributed by atoms with Crippen molar-refractivity contribution in [3.05, 3.63) is 17.0 Å². The highest BCUT2D eigenvalue weighted by atomic mass is 32.2. The summed E-state index contributed by atoms with van der Waals surface area (Å²) in [7, 11) is -3.45. The number of rotatable bonds is 6. The first kappa shape index (κ1) is 16.5. The highest BCUT2D eigenvalue weighted by Crippen LogP contribution is 2.23. The largest absolute Gasteiger partial charge is 0.339 e. The fourth-order valence-electron chi connectivity index (χ4n) is 2.74. The van der Waals surface area contributed by atoms with Gasteiger partial charge in [0.1, 0.15) is 4.21 Å². The van der Waals surface area contributed by atoms with Crippen LogP contribution in [0, 0.1) is 6.92 Å². The van der Waals surface area contributed by atoms with E-state index in [1.807, 2.05) is 6.92 Å². The molecule has 0 radical (unpaired) electrons. The van der Waals surface area contributed by atoms with Crippen LogP contribution in [-0.4, -0.2) is 38.4 Å². The third-order valence-electron chi connectivity index (χ3n) is 3.80. The molecule has 1 saturated carbocycles. The van der Waals surface area contributed by atoms with E-state index in [1.165, 1.54) is 11.3 Å². The van der Waals surface area contributed by atoms with Gasteiger partial charge < -0.3 is 4.90 Å². The Labute approximate surface area is 130 Å². The maximum absolute atomic E-state index is 12.1. The molecule has 2 rings (SSSR count). The summed E-state index contributed by atoms with van der Waals surface area (Å²) < 4.78 is 27.1. The van der Waals surface area contributed by atoms with Crippen LogP contribution in [0.4, 0.5) is 0 Å². The number of amides is 1. The zero-order valence-corrected chi connectivity index (χ0v) is 14.1. The summed E-state index contributed by atoms with van der Waals surface area (Å²) in [4.78, 5) is 14.5. The Morgan fingerprint density at radius 1 is 1.38 bits per heavy atom. The van der Waals surface area contributed by atoms with Crippen molar-refractivity contribution in [2.75, 3.05) is 13.1 Å². The molecule has 1 N–H and O–H groups in total. The number of carbonyl (C=O) groups excluding carboxylic acids is 1. The van der Waals surface area contributed by atoms with Gasteiger partial charge in [-0.15, -0.1) is 11.3 Å². The van der Waals surface area contributed by atoms with E-state index in [2.05, 4.69) is 4.72 Å². The minimum atomic E-state index is -3.45. The predicted molar refractivity (Wildman–Crippen MR) is 83.9 cm³/mol. The fourth-order valence-corrected chi connectivity index (χ4v) is 5.09. The molecule has 1 amide bonds. The van der Waals surface area contributed by atoms with Crippen LogP contribution in [0.25, 0.3) is 0 Å². The van der Waals surface area contributed by atoms with Crippen molar-refractivity contribution in [3.8, 4) is 0 Å². The Kier molecular flexibility index (Phi) is 5.40. The first-order valence-electron chi connectivity index (χ1n) is 7.23. The van der Waals surface area contributed by atoms with Crippen LogP contribution in [0.15, 0.2) is 16.3 Å². The van der Waals surface area contributed by atoms with Gasteiger partial charge >= 0.3 is 0 Å². The van der Waals surface area contributed by atoms with Crippen LogP contribution in [0.5, 0.6) is 0 Å². The highest BCUT2D eigenvalue weighted by molar-refractivity contribution is 7.91. The van der Waals surface area contributed by atoms with Crippen molar-refractivity contribution < 1.29 is 13.2 Å². The number of aryl methyl sites for hydroxylation is 1. The number of hydrogen-bond acceptors (Lipinski definition) is 4. The lowest BCUT2D eigenvalue weighted by molar-refractivity contribution is -0.130. The second-order valence-corrected chi connectivity index (χ2v) is 8.70. The fraction of sp³-hybridized carbons (Fsp3) is 0.643. The molecular weight excluding hydrogens is 308 g/mol. The molecule has 1 aliphatic carbocycles. The van der Waals surface area contributed by atoms with Crippen LogP contribution in [0.3, 0.4) is 0 Å². The van der Waals surface area contributed by atoms with Crippen LogP contribution >= 0.6 is 11.3 Å². The minimum absolute atomic E-state index is 0.0214. The molecule has 5 nitrogen and oxygen atoms in total. The van der Waals surface area contributed by atoms with Gasteiger partial charge in [0.05, 0.1) is 0 Å². The molecular formula is C14H22N2O3S2. The molecule has 118 valence electrons. The molecule has 0 unspecified atom stereocenters. The zero-order chi connectivity index (χ0) is 15.5. The van der Waals surface area contributed by atoms with Gasteiger partial charge in [-0.3, -0.25) is 4.79 Å². The standard InChI is InChI=1S/C14H22N2O3S2/c1-11-7-8-14(20-11)21(18,19)15-9-10-16(12(2)17)13-5-3-4-6-13/h7-8,13,15H,3-6,9-10H2,1-2H3. The molecule has 1 heterocycles. The molecule has 0 spiro atoms. The first-order chi connectivity index (χ1) is 9.90. The van der Waals surface area contributed by atoms with E-state index in [0.29, 0.717) is 10.8 Å². The Balaban J connectivity index is 1.91. The van der Waals surface area contributed by atoms with E-state index < -0.39 is 10.0 Å². The minimum Gasteiger partial charge on any atom is -0.339 e. The Morgan fingerprint density at radius 3 is 2.57 bits per heavy atom. The molecule has 21 heavy (non-hydrogen) atoms. The Bertz CT molecular complexity index is 589. The van der Waals surface area contributed by atoms with E-state index >= 15 is 0 Å². The number of carbonyl (C=O) groups is 1. The van der Waals surface area contributed by atoms with E-state index in [0.717, 1.165) is 30.6 Å². The molecule has 1 aromatic rings. The van der Waals surface area contributed by atoms with Gasteiger partial charge in [-0.2, -0.15) is 0 Å². The zero-order valence-electron chi connectivity index (χ0n) is 12.5. The van der Waals surface area contributed by atoms with Crippen molar-refractivity contribution in [1.29, 1.82) is 0 Å². The number of nitrogens with one attached hydrogen (secondary N) is 1. The van der Waals surface area contributed by atoms with Crippen LogP contribution in [0.2, 0.25) is 0 Å². The lowest BCUT2D eigenvalue weighted by atomic mass is 10.2. The van der Waals surface area contributed by atoms with Gasteiger partial charge in [0.15, 0.2) is 0 Å². The van der Waals surface area contributed by atoms with E-state index in [9.17, 15) is 13.2 Å². The summed E-state index contributed by atoms with van der Waals surface area (Å²) in [5.41, 5.74) is 0. The molecule has 1 aromatic heterocycles. The second-order valence-electron chi connectivity index (χ2n) is 5.41. The normalized spacial score (nSPS) is 16.3. The average molecular weight is 330 g/mol. The van der Waals surface area contributed by atoms with E-state index in [1.54, 1.807) is 24.0 Å². The molecule has 1 aliphatic rings. The summed E-state index contributed by atoms with van der Waals surface area (Å²) in [6.45, 7) is 4.12. The lowest BCUT2D eigenvalue weighted by Gasteiger charge is -2.27. The third-order valence-corrected chi connectivity index (χ3v) is 6.75. The predicted octanol–water partition coefficient (Wildman–Crippen LogP) is 2.13. The Hall–Kier alpha value is -0.920. The molecule has 0 aromatic carbocycles. The SMILES string of the molecule is CC(=O)N(CCNS(=O)(=O)c1ccc(C)s1)C1CCCC1. The maximum Gasteiger partial charge on any atom is 0.250 e. The van der Waals surface area contributed by atoms with E-state index in [-0.39, 0.29) is 18.5 Å². The quantitative estimate of drug-likeness (QED) is 0.869. The third kappa shape index (κ3) is 4.28.